The molecular weight excluding hydrogens is 170 g/mol. The molecule has 1 N–H and O–H groups in total. The van der Waals surface area contributed by atoms with Gasteiger partial charge in [0.05, 0.1) is 13.2 Å². The van der Waals surface area contributed by atoms with Gasteiger partial charge in [-0.25, -0.2) is 5.48 Å². The zero-order valence-electron chi connectivity index (χ0n) is 8.04. The van der Waals surface area contributed by atoms with E-state index in [-0.39, 0.29) is 5.91 Å². The van der Waals surface area contributed by atoms with E-state index in [1.165, 1.54) is 19.3 Å². The van der Waals surface area contributed by atoms with E-state index in [9.17, 15) is 4.79 Å². The van der Waals surface area contributed by atoms with Crippen LogP contribution in [0.5, 0.6) is 0 Å². The maximum Gasteiger partial charge on any atom is 0.243 e. The van der Waals surface area contributed by atoms with Gasteiger partial charge >= 0.3 is 0 Å². The Hall–Kier alpha value is -0.610. The molecule has 1 saturated carbocycles. The van der Waals surface area contributed by atoms with E-state index in [4.69, 9.17) is 9.57 Å². The van der Waals surface area contributed by atoms with Gasteiger partial charge in [0.25, 0.3) is 0 Å². The molecule has 13 heavy (non-hydrogen) atoms. The molecule has 0 spiro atoms. The van der Waals surface area contributed by atoms with Crippen LogP contribution in [0.4, 0.5) is 0 Å². The number of rotatable bonds is 6. The summed E-state index contributed by atoms with van der Waals surface area (Å²) in [7, 11) is 1.60. The van der Waals surface area contributed by atoms with Gasteiger partial charge in [-0.1, -0.05) is 6.42 Å². The molecule has 0 aromatic heterocycles. The van der Waals surface area contributed by atoms with Crippen LogP contribution in [0, 0.1) is 5.92 Å². The SMILES string of the molecule is COCCONC(=O)CC1CCC1. The van der Waals surface area contributed by atoms with Crippen LogP contribution in [0.15, 0.2) is 0 Å². The number of carbonyl (C=O) groups is 1. The van der Waals surface area contributed by atoms with Gasteiger partial charge in [-0.3, -0.25) is 9.63 Å². The summed E-state index contributed by atoms with van der Waals surface area (Å²) in [4.78, 5) is 16.0. The van der Waals surface area contributed by atoms with E-state index in [1.54, 1.807) is 7.11 Å². The average Bonchev–Trinajstić information content (AvgIpc) is 2.06. The molecule has 4 nitrogen and oxygen atoms in total. The van der Waals surface area contributed by atoms with Crippen LogP contribution >= 0.6 is 0 Å². The molecule has 1 aliphatic carbocycles. The normalized spacial score (nSPS) is 16.7. The summed E-state index contributed by atoms with van der Waals surface area (Å²) in [5.74, 6) is 0.576. The molecule has 1 amide bonds. The fourth-order valence-electron chi connectivity index (χ4n) is 1.26. The molecule has 0 bridgehead atoms. The van der Waals surface area contributed by atoms with Crippen LogP contribution in [0.2, 0.25) is 0 Å². The summed E-state index contributed by atoms with van der Waals surface area (Å²) in [5, 5.41) is 0. The van der Waals surface area contributed by atoms with E-state index in [0.717, 1.165) is 0 Å². The van der Waals surface area contributed by atoms with Gasteiger partial charge in [0.2, 0.25) is 5.91 Å². The fraction of sp³-hybridized carbons (Fsp3) is 0.889. The lowest BCUT2D eigenvalue weighted by Gasteiger charge is -2.24. The van der Waals surface area contributed by atoms with Crippen LogP contribution in [0.3, 0.4) is 0 Å². The van der Waals surface area contributed by atoms with E-state index in [2.05, 4.69) is 5.48 Å². The van der Waals surface area contributed by atoms with Gasteiger partial charge in [0.15, 0.2) is 0 Å². The van der Waals surface area contributed by atoms with E-state index in [1.807, 2.05) is 0 Å². The second kappa shape index (κ2) is 5.94. The number of carbonyl (C=O) groups excluding carboxylic acids is 1. The third-order valence-electron chi connectivity index (χ3n) is 2.27. The molecule has 1 fully saturated rings. The zero-order valence-corrected chi connectivity index (χ0v) is 8.04. The molecule has 0 aromatic rings. The van der Waals surface area contributed by atoms with Crippen LogP contribution < -0.4 is 5.48 Å². The third kappa shape index (κ3) is 4.24. The molecule has 1 rings (SSSR count). The van der Waals surface area contributed by atoms with E-state index < -0.39 is 0 Å². The van der Waals surface area contributed by atoms with Crippen molar-refractivity contribution in [3.63, 3.8) is 0 Å². The van der Waals surface area contributed by atoms with Gasteiger partial charge in [-0.05, 0) is 18.8 Å². The summed E-state index contributed by atoms with van der Waals surface area (Å²) in [6.45, 7) is 0.913. The lowest BCUT2D eigenvalue weighted by molar-refractivity contribution is -0.136. The molecule has 0 saturated heterocycles. The first kappa shape index (κ1) is 10.5. The number of hydrogen-bond donors (Lipinski definition) is 1. The van der Waals surface area contributed by atoms with Crippen molar-refractivity contribution in [2.24, 2.45) is 5.92 Å². The molecule has 0 aliphatic heterocycles. The van der Waals surface area contributed by atoms with Crippen LogP contribution in [-0.2, 0) is 14.4 Å². The topological polar surface area (TPSA) is 47.6 Å². The Balaban J connectivity index is 1.91. The maximum absolute atomic E-state index is 11.1. The van der Waals surface area contributed by atoms with Crippen molar-refractivity contribution < 1.29 is 14.4 Å². The summed E-state index contributed by atoms with van der Waals surface area (Å²) in [6, 6.07) is 0. The average molecular weight is 187 g/mol. The Kier molecular flexibility index (Phi) is 4.78. The maximum atomic E-state index is 11.1. The van der Waals surface area contributed by atoms with Crippen molar-refractivity contribution in [3.8, 4) is 0 Å². The molecule has 0 aromatic carbocycles. The molecule has 4 heteroatoms. The van der Waals surface area contributed by atoms with Crippen molar-refractivity contribution in [2.75, 3.05) is 20.3 Å². The standard InChI is InChI=1S/C9H17NO3/c1-12-5-6-13-10-9(11)7-8-3-2-4-8/h8H,2-7H2,1H3,(H,10,11). The van der Waals surface area contributed by atoms with Crippen molar-refractivity contribution in [2.45, 2.75) is 25.7 Å². The van der Waals surface area contributed by atoms with Gasteiger partial charge in [0, 0.05) is 13.5 Å². The predicted octanol–water partition coefficient (Wildman–Crippen LogP) is 0.871. The monoisotopic (exact) mass is 187 g/mol. The predicted molar refractivity (Wildman–Crippen MR) is 47.9 cm³/mol. The number of methoxy groups -OCH3 is 1. The summed E-state index contributed by atoms with van der Waals surface area (Å²) in [6.07, 6.45) is 4.24. The number of hydroxylamine groups is 1. The minimum absolute atomic E-state index is 0.0131. The first-order valence-corrected chi connectivity index (χ1v) is 4.72. The van der Waals surface area contributed by atoms with E-state index >= 15 is 0 Å². The Labute approximate surface area is 78.5 Å². The highest BCUT2D eigenvalue weighted by Gasteiger charge is 2.20. The van der Waals surface area contributed by atoms with Crippen molar-refractivity contribution in [1.29, 1.82) is 0 Å². The molecule has 1 aliphatic rings. The van der Waals surface area contributed by atoms with Crippen molar-refractivity contribution in [1.82, 2.24) is 5.48 Å². The highest BCUT2D eigenvalue weighted by molar-refractivity contribution is 5.75. The lowest BCUT2D eigenvalue weighted by Crippen LogP contribution is -2.28. The highest BCUT2D eigenvalue weighted by Crippen LogP contribution is 2.28. The Bertz CT molecular complexity index is 157. The largest absolute Gasteiger partial charge is 0.382 e. The van der Waals surface area contributed by atoms with Crippen LogP contribution in [0.1, 0.15) is 25.7 Å². The molecule has 0 radical (unpaired) electrons. The Morgan fingerprint density at radius 3 is 2.77 bits per heavy atom. The minimum atomic E-state index is -0.0131. The molecule has 0 unspecified atom stereocenters. The molecule has 0 atom stereocenters. The fourth-order valence-corrected chi connectivity index (χ4v) is 1.26. The van der Waals surface area contributed by atoms with Gasteiger partial charge < -0.3 is 4.74 Å². The summed E-state index contributed by atoms with van der Waals surface area (Å²) in [5.41, 5.74) is 2.40. The zero-order chi connectivity index (χ0) is 9.52. The first-order valence-electron chi connectivity index (χ1n) is 4.72. The van der Waals surface area contributed by atoms with Crippen LogP contribution in [-0.4, -0.2) is 26.2 Å². The molecule has 0 heterocycles. The first-order chi connectivity index (χ1) is 6.33. The number of amides is 1. The van der Waals surface area contributed by atoms with Crippen LogP contribution in [0.25, 0.3) is 0 Å². The van der Waals surface area contributed by atoms with Gasteiger partial charge in [-0.2, -0.15) is 0 Å². The highest BCUT2D eigenvalue weighted by atomic mass is 16.7. The Morgan fingerprint density at radius 1 is 1.46 bits per heavy atom. The number of hydrogen-bond acceptors (Lipinski definition) is 3. The van der Waals surface area contributed by atoms with Crippen molar-refractivity contribution in [3.05, 3.63) is 0 Å². The summed E-state index contributed by atoms with van der Waals surface area (Å²) < 4.78 is 4.76. The molecule has 76 valence electrons. The van der Waals surface area contributed by atoms with Gasteiger partial charge in [0.1, 0.15) is 0 Å². The summed E-state index contributed by atoms with van der Waals surface area (Å²) >= 11 is 0. The van der Waals surface area contributed by atoms with Crippen molar-refractivity contribution >= 4 is 5.91 Å². The molecular formula is C9H17NO3. The minimum Gasteiger partial charge on any atom is -0.382 e. The second-order valence-corrected chi connectivity index (χ2v) is 3.37. The quantitative estimate of drug-likeness (QED) is 0.496. The number of ether oxygens (including phenoxy) is 1. The van der Waals surface area contributed by atoms with E-state index in [0.29, 0.717) is 25.6 Å². The van der Waals surface area contributed by atoms with Gasteiger partial charge in [-0.15, -0.1) is 0 Å². The second-order valence-electron chi connectivity index (χ2n) is 3.37. The number of nitrogens with one attached hydrogen (secondary N) is 1. The Morgan fingerprint density at radius 2 is 2.23 bits per heavy atom. The smallest absolute Gasteiger partial charge is 0.243 e. The lowest BCUT2D eigenvalue weighted by atomic mass is 9.83. The third-order valence-corrected chi connectivity index (χ3v) is 2.27.